The van der Waals surface area contributed by atoms with Crippen LogP contribution in [0.4, 0.5) is 16.2 Å². The first-order chi connectivity index (χ1) is 18.3. The standard InChI is InChI=1S/C28H25N3O7/c1-17(32)29-20-8-10-22(11-9-20)38-16-19-13-18(7-12-25(19)37-3)14-24-26(33)30-28(35)31(27(24)34)21-5-4-6-23(15-21)36-2/h4-15H,16H2,1-3H3,(H,29,32)(H,30,33,35)/b24-14+. The fourth-order valence-electron chi connectivity index (χ4n) is 3.81. The number of methoxy groups -OCH3 is 2. The summed E-state index contributed by atoms with van der Waals surface area (Å²) in [4.78, 5) is 50.4. The third-order valence-electron chi connectivity index (χ3n) is 5.60. The second kappa shape index (κ2) is 11.3. The Labute approximate surface area is 218 Å². The van der Waals surface area contributed by atoms with Gasteiger partial charge in [0.2, 0.25) is 5.91 Å². The molecule has 0 bridgehead atoms. The molecule has 38 heavy (non-hydrogen) atoms. The normalized spacial score (nSPS) is 14.2. The zero-order chi connectivity index (χ0) is 27.2. The summed E-state index contributed by atoms with van der Waals surface area (Å²) in [6.07, 6.45) is 1.41. The largest absolute Gasteiger partial charge is 0.497 e. The van der Waals surface area contributed by atoms with Crippen LogP contribution in [0.15, 0.2) is 72.3 Å². The van der Waals surface area contributed by atoms with Gasteiger partial charge in [-0.2, -0.15) is 0 Å². The molecule has 1 fully saturated rings. The van der Waals surface area contributed by atoms with Crippen LogP contribution in [0.2, 0.25) is 0 Å². The predicted octanol–water partition coefficient (Wildman–Crippen LogP) is 3.91. The average molecular weight is 516 g/mol. The third kappa shape index (κ3) is 5.81. The molecule has 5 amide bonds. The number of anilines is 2. The van der Waals surface area contributed by atoms with Crippen LogP contribution in [-0.2, 0) is 21.0 Å². The maximum absolute atomic E-state index is 13.2. The minimum absolute atomic E-state index is 0.133. The molecule has 1 saturated heterocycles. The van der Waals surface area contributed by atoms with E-state index in [0.717, 1.165) is 4.90 Å². The fourth-order valence-corrected chi connectivity index (χ4v) is 3.81. The maximum Gasteiger partial charge on any atom is 0.335 e. The molecule has 0 saturated carbocycles. The minimum Gasteiger partial charge on any atom is -0.497 e. The van der Waals surface area contributed by atoms with Gasteiger partial charge < -0.3 is 19.5 Å². The molecule has 0 atom stereocenters. The molecule has 1 heterocycles. The van der Waals surface area contributed by atoms with Crippen LogP contribution in [-0.4, -0.2) is 38.0 Å². The first kappa shape index (κ1) is 26.0. The highest BCUT2D eigenvalue weighted by Gasteiger charge is 2.37. The van der Waals surface area contributed by atoms with E-state index >= 15 is 0 Å². The monoisotopic (exact) mass is 515 g/mol. The van der Waals surface area contributed by atoms with Gasteiger partial charge in [0.1, 0.15) is 29.4 Å². The summed E-state index contributed by atoms with van der Waals surface area (Å²) in [7, 11) is 2.99. The van der Waals surface area contributed by atoms with Crippen molar-refractivity contribution in [2.45, 2.75) is 13.5 Å². The number of benzene rings is 3. The molecule has 3 aromatic rings. The Bertz CT molecular complexity index is 1430. The van der Waals surface area contributed by atoms with Crippen LogP contribution < -0.4 is 29.7 Å². The van der Waals surface area contributed by atoms with E-state index in [1.165, 1.54) is 33.3 Å². The molecule has 0 unspecified atom stereocenters. The van der Waals surface area contributed by atoms with Crippen LogP contribution >= 0.6 is 0 Å². The van der Waals surface area contributed by atoms with Gasteiger partial charge in [-0.15, -0.1) is 0 Å². The molecular formula is C28H25N3O7. The van der Waals surface area contributed by atoms with Crippen molar-refractivity contribution in [2.24, 2.45) is 0 Å². The van der Waals surface area contributed by atoms with Crippen LogP contribution in [0.3, 0.4) is 0 Å². The van der Waals surface area contributed by atoms with Gasteiger partial charge in [-0.3, -0.25) is 19.7 Å². The number of hydrogen-bond acceptors (Lipinski definition) is 7. The molecule has 4 rings (SSSR count). The van der Waals surface area contributed by atoms with Gasteiger partial charge in [0, 0.05) is 24.2 Å². The van der Waals surface area contributed by atoms with Crippen molar-refractivity contribution in [3.8, 4) is 17.2 Å². The molecule has 3 aromatic carbocycles. The zero-order valence-corrected chi connectivity index (χ0v) is 20.9. The zero-order valence-electron chi connectivity index (χ0n) is 20.9. The number of carbonyl (C=O) groups excluding carboxylic acids is 4. The fraction of sp³-hybridized carbons (Fsp3) is 0.143. The predicted molar refractivity (Wildman–Crippen MR) is 140 cm³/mol. The smallest absolute Gasteiger partial charge is 0.335 e. The second-order valence-electron chi connectivity index (χ2n) is 8.22. The number of nitrogens with one attached hydrogen (secondary N) is 2. The summed E-state index contributed by atoms with van der Waals surface area (Å²) in [5.41, 5.74) is 1.89. The Kier molecular flexibility index (Phi) is 7.72. The van der Waals surface area contributed by atoms with Crippen LogP contribution in [0.5, 0.6) is 17.2 Å². The van der Waals surface area contributed by atoms with Crippen molar-refractivity contribution < 1.29 is 33.4 Å². The molecule has 10 heteroatoms. The highest BCUT2D eigenvalue weighted by molar-refractivity contribution is 6.39. The van der Waals surface area contributed by atoms with E-state index in [9.17, 15) is 19.2 Å². The highest BCUT2D eigenvalue weighted by Crippen LogP contribution is 2.27. The Morgan fingerprint density at radius 3 is 2.39 bits per heavy atom. The first-order valence-electron chi connectivity index (χ1n) is 11.5. The maximum atomic E-state index is 13.2. The number of barbiturate groups is 1. The highest BCUT2D eigenvalue weighted by atomic mass is 16.5. The quantitative estimate of drug-likeness (QED) is 0.344. The summed E-state index contributed by atoms with van der Waals surface area (Å²) in [6.45, 7) is 1.56. The third-order valence-corrected chi connectivity index (χ3v) is 5.60. The molecule has 10 nitrogen and oxygen atoms in total. The molecule has 0 aliphatic carbocycles. The van der Waals surface area contributed by atoms with E-state index in [1.54, 1.807) is 60.7 Å². The summed E-state index contributed by atoms with van der Waals surface area (Å²) in [5.74, 6) is -0.161. The van der Waals surface area contributed by atoms with Crippen LogP contribution in [0.1, 0.15) is 18.1 Å². The van der Waals surface area contributed by atoms with Gasteiger partial charge in [-0.25, -0.2) is 9.69 Å². The van der Waals surface area contributed by atoms with Gasteiger partial charge in [0.25, 0.3) is 11.8 Å². The summed E-state index contributed by atoms with van der Waals surface area (Å²) >= 11 is 0. The minimum atomic E-state index is -0.848. The molecule has 0 aromatic heterocycles. The number of urea groups is 1. The lowest BCUT2D eigenvalue weighted by Crippen LogP contribution is -2.54. The lowest BCUT2D eigenvalue weighted by atomic mass is 10.0. The van der Waals surface area contributed by atoms with Gasteiger partial charge in [0.15, 0.2) is 0 Å². The van der Waals surface area contributed by atoms with Crippen molar-refractivity contribution >= 4 is 41.2 Å². The number of hydrogen-bond donors (Lipinski definition) is 2. The van der Waals surface area contributed by atoms with E-state index < -0.39 is 17.8 Å². The number of rotatable bonds is 8. The summed E-state index contributed by atoms with van der Waals surface area (Å²) in [5, 5.41) is 4.90. The van der Waals surface area contributed by atoms with Crippen molar-refractivity contribution in [1.29, 1.82) is 0 Å². The van der Waals surface area contributed by atoms with Gasteiger partial charge >= 0.3 is 6.03 Å². The Hall–Kier alpha value is -5.12. The Morgan fingerprint density at radius 1 is 0.947 bits per heavy atom. The van der Waals surface area contributed by atoms with Crippen LogP contribution in [0, 0.1) is 0 Å². The van der Waals surface area contributed by atoms with Gasteiger partial charge in [-0.05, 0) is 60.2 Å². The SMILES string of the molecule is COc1cccc(N2C(=O)NC(=O)/C(=C\c3ccc(OC)c(COc4ccc(NC(C)=O)cc4)c3)C2=O)c1. The molecule has 0 spiro atoms. The van der Waals surface area contributed by atoms with Crippen molar-refractivity contribution in [3.05, 3.63) is 83.4 Å². The number of ether oxygens (including phenoxy) is 3. The summed E-state index contributed by atoms with van der Waals surface area (Å²) < 4.78 is 16.5. The molecule has 1 aliphatic rings. The molecular weight excluding hydrogens is 490 g/mol. The lowest BCUT2D eigenvalue weighted by Gasteiger charge is -2.26. The number of amides is 5. The van der Waals surface area contributed by atoms with Gasteiger partial charge in [0.05, 0.1) is 19.9 Å². The number of carbonyl (C=O) groups is 4. The molecule has 2 N–H and O–H groups in total. The van der Waals surface area contributed by atoms with Crippen molar-refractivity contribution in [3.63, 3.8) is 0 Å². The average Bonchev–Trinajstić information content (AvgIpc) is 2.90. The topological polar surface area (TPSA) is 123 Å². The molecule has 0 radical (unpaired) electrons. The van der Waals surface area contributed by atoms with E-state index in [-0.39, 0.29) is 23.8 Å². The number of nitrogens with zero attached hydrogens (tertiary/aromatic N) is 1. The van der Waals surface area contributed by atoms with E-state index in [0.29, 0.717) is 34.1 Å². The first-order valence-corrected chi connectivity index (χ1v) is 11.5. The van der Waals surface area contributed by atoms with Gasteiger partial charge in [-0.1, -0.05) is 12.1 Å². The molecule has 194 valence electrons. The Balaban J connectivity index is 1.58. The van der Waals surface area contributed by atoms with Crippen LogP contribution in [0.25, 0.3) is 6.08 Å². The molecule has 1 aliphatic heterocycles. The second-order valence-corrected chi connectivity index (χ2v) is 8.22. The van der Waals surface area contributed by atoms with Crippen molar-refractivity contribution in [1.82, 2.24) is 5.32 Å². The van der Waals surface area contributed by atoms with Crippen molar-refractivity contribution in [2.75, 3.05) is 24.4 Å². The van der Waals surface area contributed by atoms with E-state index in [1.807, 2.05) is 0 Å². The number of imide groups is 2. The summed E-state index contributed by atoms with van der Waals surface area (Å²) in [6, 6.07) is 17.5. The van der Waals surface area contributed by atoms with E-state index in [4.69, 9.17) is 14.2 Å². The lowest BCUT2D eigenvalue weighted by molar-refractivity contribution is -0.122. The van der Waals surface area contributed by atoms with E-state index in [2.05, 4.69) is 10.6 Å². The Morgan fingerprint density at radius 2 is 1.71 bits per heavy atom.